The van der Waals surface area contributed by atoms with Crippen LogP contribution in [0.1, 0.15) is 38.3 Å². The van der Waals surface area contributed by atoms with Gasteiger partial charge in [-0.15, -0.1) is 0 Å². The maximum Gasteiger partial charge on any atom is 0.0770 e. The van der Waals surface area contributed by atoms with E-state index < -0.39 is 0 Å². The van der Waals surface area contributed by atoms with Crippen molar-refractivity contribution in [1.82, 2.24) is 10.3 Å². The van der Waals surface area contributed by atoms with Crippen molar-refractivity contribution in [2.24, 2.45) is 5.41 Å². The van der Waals surface area contributed by atoms with Gasteiger partial charge in [-0.2, -0.15) is 0 Å². The van der Waals surface area contributed by atoms with Crippen molar-refractivity contribution in [1.29, 1.82) is 0 Å². The van der Waals surface area contributed by atoms with Crippen molar-refractivity contribution in [2.75, 3.05) is 12.3 Å². The standard InChI is InChI=1S/C13H21N3/c1-2-5-13(6-7-13)10-15-9-12-11(14)4-3-8-16-12/h3-4,8,15H,2,5-7,9-10,14H2,1H3. The summed E-state index contributed by atoms with van der Waals surface area (Å²) in [7, 11) is 0. The first-order chi connectivity index (χ1) is 7.76. The maximum absolute atomic E-state index is 5.84. The zero-order chi connectivity index (χ0) is 11.4. The van der Waals surface area contributed by atoms with Crippen molar-refractivity contribution in [3.63, 3.8) is 0 Å². The minimum atomic E-state index is 0.596. The number of pyridine rings is 1. The molecule has 1 aromatic rings. The Bertz CT molecular complexity index is 345. The van der Waals surface area contributed by atoms with Crippen LogP contribution in [0, 0.1) is 5.41 Å². The zero-order valence-corrected chi connectivity index (χ0v) is 10.00. The van der Waals surface area contributed by atoms with Gasteiger partial charge in [0.2, 0.25) is 0 Å². The molecule has 3 N–H and O–H groups in total. The average Bonchev–Trinajstić information content (AvgIpc) is 3.02. The average molecular weight is 219 g/mol. The number of nitrogens with two attached hydrogens (primary N) is 1. The summed E-state index contributed by atoms with van der Waals surface area (Å²) in [5.41, 5.74) is 8.19. The topological polar surface area (TPSA) is 50.9 Å². The summed E-state index contributed by atoms with van der Waals surface area (Å²) in [5, 5.41) is 3.49. The van der Waals surface area contributed by atoms with Crippen LogP contribution in [0.4, 0.5) is 5.69 Å². The van der Waals surface area contributed by atoms with Crippen LogP contribution in [0.3, 0.4) is 0 Å². The van der Waals surface area contributed by atoms with Crippen LogP contribution in [0.5, 0.6) is 0 Å². The van der Waals surface area contributed by atoms with Gasteiger partial charge in [0.1, 0.15) is 0 Å². The van der Waals surface area contributed by atoms with Crippen LogP contribution >= 0.6 is 0 Å². The lowest BCUT2D eigenvalue weighted by Crippen LogP contribution is -2.24. The molecule has 3 heteroatoms. The Morgan fingerprint density at radius 3 is 2.94 bits per heavy atom. The van der Waals surface area contributed by atoms with Crippen LogP contribution in [0.2, 0.25) is 0 Å². The molecule has 2 rings (SSSR count). The lowest BCUT2D eigenvalue weighted by atomic mass is 10.0. The molecule has 0 aliphatic heterocycles. The summed E-state index contributed by atoms with van der Waals surface area (Å²) in [6, 6.07) is 3.78. The highest BCUT2D eigenvalue weighted by Crippen LogP contribution is 2.48. The number of rotatable bonds is 6. The predicted molar refractivity (Wildman–Crippen MR) is 66.9 cm³/mol. The molecule has 0 aromatic carbocycles. The first-order valence-electron chi connectivity index (χ1n) is 6.16. The number of hydrogen-bond donors (Lipinski definition) is 2. The number of hydrogen-bond acceptors (Lipinski definition) is 3. The monoisotopic (exact) mass is 219 g/mol. The van der Waals surface area contributed by atoms with Gasteiger partial charge in [-0.05, 0) is 36.8 Å². The van der Waals surface area contributed by atoms with E-state index in [9.17, 15) is 0 Å². The molecule has 16 heavy (non-hydrogen) atoms. The van der Waals surface area contributed by atoms with Gasteiger partial charge in [0, 0.05) is 19.3 Å². The molecule has 1 fully saturated rings. The predicted octanol–water partition coefficient (Wildman–Crippen LogP) is 2.33. The summed E-state index contributed by atoms with van der Waals surface area (Å²) in [5.74, 6) is 0. The smallest absolute Gasteiger partial charge is 0.0770 e. The van der Waals surface area contributed by atoms with Gasteiger partial charge in [-0.3, -0.25) is 4.98 Å². The molecule has 0 saturated heterocycles. The van der Waals surface area contributed by atoms with E-state index in [0.717, 1.165) is 24.5 Å². The van der Waals surface area contributed by atoms with Crippen LogP contribution < -0.4 is 11.1 Å². The molecule has 1 heterocycles. The minimum Gasteiger partial charge on any atom is -0.397 e. The third-order valence-electron chi connectivity index (χ3n) is 3.46. The van der Waals surface area contributed by atoms with E-state index in [4.69, 9.17) is 5.73 Å². The fraction of sp³-hybridized carbons (Fsp3) is 0.615. The normalized spacial score (nSPS) is 17.3. The van der Waals surface area contributed by atoms with E-state index in [1.54, 1.807) is 6.20 Å². The minimum absolute atomic E-state index is 0.596. The number of anilines is 1. The molecule has 0 spiro atoms. The summed E-state index contributed by atoms with van der Waals surface area (Å²) >= 11 is 0. The number of aromatic nitrogens is 1. The summed E-state index contributed by atoms with van der Waals surface area (Å²) in [6.07, 6.45) is 7.19. The third-order valence-corrected chi connectivity index (χ3v) is 3.46. The fourth-order valence-electron chi connectivity index (χ4n) is 2.27. The van der Waals surface area contributed by atoms with Gasteiger partial charge in [0.15, 0.2) is 0 Å². The molecule has 88 valence electrons. The lowest BCUT2D eigenvalue weighted by Gasteiger charge is -2.15. The second-order valence-corrected chi connectivity index (χ2v) is 4.89. The Hall–Kier alpha value is -1.09. The summed E-state index contributed by atoms with van der Waals surface area (Å²) in [6.45, 7) is 4.16. The van der Waals surface area contributed by atoms with Gasteiger partial charge in [-0.1, -0.05) is 13.3 Å². The van der Waals surface area contributed by atoms with E-state index in [2.05, 4.69) is 17.2 Å². The van der Waals surface area contributed by atoms with Crippen molar-refractivity contribution >= 4 is 5.69 Å². The van der Waals surface area contributed by atoms with Gasteiger partial charge in [-0.25, -0.2) is 0 Å². The Kier molecular flexibility index (Phi) is 3.44. The summed E-state index contributed by atoms with van der Waals surface area (Å²) < 4.78 is 0. The Balaban J connectivity index is 1.78. The van der Waals surface area contributed by atoms with E-state index in [0.29, 0.717) is 5.41 Å². The van der Waals surface area contributed by atoms with Crippen LogP contribution in [0.25, 0.3) is 0 Å². The first-order valence-corrected chi connectivity index (χ1v) is 6.16. The number of nitrogens with zero attached hydrogens (tertiary/aromatic N) is 1. The molecule has 3 nitrogen and oxygen atoms in total. The van der Waals surface area contributed by atoms with Gasteiger partial charge in [0.25, 0.3) is 0 Å². The molecule has 0 radical (unpaired) electrons. The van der Waals surface area contributed by atoms with Crippen molar-refractivity contribution in [3.8, 4) is 0 Å². The number of nitrogen functional groups attached to an aromatic ring is 1. The summed E-state index contributed by atoms with van der Waals surface area (Å²) in [4.78, 5) is 4.28. The van der Waals surface area contributed by atoms with Crippen LogP contribution in [-0.2, 0) is 6.54 Å². The highest BCUT2D eigenvalue weighted by Gasteiger charge is 2.40. The molecule has 0 bridgehead atoms. The van der Waals surface area contributed by atoms with Gasteiger partial charge >= 0.3 is 0 Å². The molecule has 1 saturated carbocycles. The molecule has 0 amide bonds. The van der Waals surface area contributed by atoms with Gasteiger partial charge < -0.3 is 11.1 Å². The molecule has 0 atom stereocenters. The van der Waals surface area contributed by atoms with Crippen molar-refractivity contribution < 1.29 is 0 Å². The quantitative estimate of drug-likeness (QED) is 0.772. The highest BCUT2D eigenvalue weighted by molar-refractivity contribution is 5.41. The SMILES string of the molecule is CCCC1(CNCc2ncccc2N)CC1. The largest absolute Gasteiger partial charge is 0.397 e. The zero-order valence-electron chi connectivity index (χ0n) is 10.00. The van der Waals surface area contributed by atoms with Crippen LogP contribution in [0.15, 0.2) is 18.3 Å². The first kappa shape index (κ1) is 11.4. The molecular weight excluding hydrogens is 198 g/mol. The van der Waals surface area contributed by atoms with Crippen LogP contribution in [-0.4, -0.2) is 11.5 Å². The lowest BCUT2D eigenvalue weighted by molar-refractivity contribution is 0.420. The van der Waals surface area contributed by atoms with E-state index >= 15 is 0 Å². The fourth-order valence-corrected chi connectivity index (χ4v) is 2.27. The Morgan fingerprint density at radius 1 is 1.50 bits per heavy atom. The number of nitrogens with one attached hydrogen (secondary N) is 1. The van der Waals surface area contributed by atoms with E-state index in [1.165, 1.54) is 25.7 Å². The molecule has 1 aliphatic carbocycles. The second kappa shape index (κ2) is 4.83. The molecular formula is C13H21N3. The van der Waals surface area contributed by atoms with E-state index in [-0.39, 0.29) is 0 Å². The van der Waals surface area contributed by atoms with E-state index in [1.807, 2.05) is 12.1 Å². The van der Waals surface area contributed by atoms with Crippen molar-refractivity contribution in [3.05, 3.63) is 24.0 Å². The second-order valence-electron chi connectivity index (χ2n) is 4.89. The highest BCUT2D eigenvalue weighted by atomic mass is 14.9. The Labute approximate surface area is 97.5 Å². The van der Waals surface area contributed by atoms with Crippen molar-refractivity contribution in [2.45, 2.75) is 39.2 Å². The molecule has 1 aromatic heterocycles. The molecule has 1 aliphatic rings. The third kappa shape index (κ3) is 2.73. The molecule has 0 unspecified atom stereocenters. The Morgan fingerprint density at radius 2 is 2.31 bits per heavy atom. The maximum atomic E-state index is 5.84. The van der Waals surface area contributed by atoms with Gasteiger partial charge in [0.05, 0.1) is 11.4 Å².